The predicted molar refractivity (Wildman–Crippen MR) is 79.7 cm³/mol. The lowest BCUT2D eigenvalue weighted by Gasteiger charge is -2.19. The topological polar surface area (TPSA) is 29.1 Å². The summed E-state index contributed by atoms with van der Waals surface area (Å²) >= 11 is 7.81. The highest BCUT2D eigenvalue weighted by Crippen LogP contribution is 2.19. The van der Waals surface area contributed by atoms with E-state index in [1.807, 2.05) is 11.4 Å². The Bertz CT molecular complexity index is 374. The van der Waals surface area contributed by atoms with E-state index in [0.717, 1.165) is 29.7 Å². The third-order valence-electron chi connectivity index (χ3n) is 3.35. The van der Waals surface area contributed by atoms with Crippen LogP contribution in [0.2, 0.25) is 0 Å². The van der Waals surface area contributed by atoms with Crippen LogP contribution in [0.25, 0.3) is 0 Å². The Morgan fingerprint density at radius 3 is 2.61 bits per heavy atom. The van der Waals surface area contributed by atoms with Gasteiger partial charge in [0.25, 0.3) is 5.91 Å². The quantitative estimate of drug-likeness (QED) is 0.752. The van der Waals surface area contributed by atoms with Crippen molar-refractivity contribution >= 4 is 28.8 Å². The maximum Gasteiger partial charge on any atom is 0.261 e. The molecule has 0 aliphatic heterocycles. The number of amides is 1. The Hall–Kier alpha value is -0.540. The molecule has 2 nitrogen and oxygen atoms in total. The summed E-state index contributed by atoms with van der Waals surface area (Å²) in [6.45, 7) is 6.89. The molecule has 4 heteroatoms. The molecule has 0 fully saturated rings. The first kappa shape index (κ1) is 15.5. The highest BCUT2D eigenvalue weighted by molar-refractivity contribution is 7.12. The van der Waals surface area contributed by atoms with Gasteiger partial charge in [-0.1, -0.05) is 33.6 Å². The monoisotopic (exact) mass is 287 g/mol. The minimum absolute atomic E-state index is 0.0125. The van der Waals surface area contributed by atoms with Crippen LogP contribution in [0.3, 0.4) is 0 Å². The average Bonchev–Trinajstić information content (AvgIpc) is 2.85. The molecule has 1 amide bonds. The molecule has 1 rings (SSSR count). The van der Waals surface area contributed by atoms with Crippen LogP contribution in [0.1, 0.15) is 48.8 Å². The molecule has 1 N–H and O–H groups in total. The molecule has 1 unspecified atom stereocenters. The molecule has 0 aliphatic carbocycles. The maximum atomic E-state index is 12.0. The molecule has 102 valence electrons. The van der Waals surface area contributed by atoms with Crippen LogP contribution >= 0.6 is 22.9 Å². The standard InChI is InChI=1S/C14H22ClNOS/c1-4-10(5-2)12(15)9-16-14(17)13-11(6-3)7-8-18-13/h7-8,10,12H,4-6,9H2,1-3H3,(H,16,17). The minimum atomic E-state index is 0.0125. The molecule has 1 atom stereocenters. The molecule has 1 aromatic rings. The minimum Gasteiger partial charge on any atom is -0.350 e. The largest absolute Gasteiger partial charge is 0.350 e. The van der Waals surface area contributed by atoms with Gasteiger partial charge in [-0.05, 0) is 29.3 Å². The summed E-state index contributed by atoms with van der Waals surface area (Å²) in [5, 5.41) is 4.94. The molecule has 0 saturated carbocycles. The molecule has 18 heavy (non-hydrogen) atoms. The zero-order valence-electron chi connectivity index (χ0n) is 11.3. The van der Waals surface area contributed by atoms with E-state index < -0.39 is 0 Å². The van der Waals surface area contributed by atoms with E-state index in [1.165, 1.54) is 11.3 Å². The van der Waals surface area contributed by atoms with Gasteiger partial charge in [0.2, 0.25) is 0 Å². The van der Waals surface area contributed by atoms with E-state index in [1.54, 1.807) is 0 Å². The van der Waals surface area contributed by atoms with Crippen molar-refractivity contribution in [3.63, 3.8) is 0 Å². The van der Waals surface area contributed by atoms with Gasteiger partial charge in [0.1, 0.15) is 0 Å². The predicted octanol–water partition coefficient (Wildman–Crippen LogP) is 4.08. The van der Waals surface area contributed by atoms with Crippen molar-refractivity contribution in [2.24, 2.45) is 5.92 Å². The van der Waals surface area contributed by atoms with Gasteiger partial charge in [-0.3, -0.25) is 4.79 Å². The molecule has 1 heterocycles. The number of thiophene rings is 1. The summed E-state index contributed by atoms with van der Waals surface area (Å²) in [6, 6.07) is 2.01. The fourth-order valence-electron chi connectivity index (χ4n) is 2.05. The van der Waals surface area contributed by atoms with Gasteiger partial charge in [0.05, 0.1) is 10.3 Å². The second kappa shape index (κ2) is 7.80. The zero-order valence-corrected chi connectivity index (χ0v) is 12.9. The normalized spacial score (nSPS) is 12.7. The lowest BCUT2D eigenvalue weighted by molar-refractivity contribution is 0.0955. The summed E-state index contributed by atoms with van der Waals surface area (Å²) in [5.74, 6) is 0.486. The van der Waals surface area contributed by atoms with Crippen molar-refractivity contribution in [2.45, 2.75) is 45.4 Å². The van der Waals surface area contributed by atoms with Gasteiger partial charge in [0.15, 0.2) is 0 Å². The number of aryl methyl sites for hydroxylation is 1. The Labute approximate surface area is 119 Å². The number of rotatable bonds is 7. The molecule has 0 saturated heterocycles. The first-order valence-corrected chi connectivity index (χ1v) is 7.94. The second-order valence-electron chi connectivity index (χ2n) is 4.43. The van der Waals surface area contributed by atoms with E-state index in [9.17, 15) is 4.79 Å². The van der Waals surface area contributed by atoms with Crippen molar-refractivity contribution in [3.05, 3.63) is 21.9 Å². The SMILES string of the molecule is CCc1ccsc1C(=O)NCC(Cl)C(CC)CC. The van der Waals surface area contributed by atoms with Gasteiger partial charge < -0.3 is 5.32 Å². The Morgan fingerprint density at radius 2 is 2.06 bits per heavy atom. The maximum absolute atomic E-state index is 12.0. The molecule has 0 spiro atoms. The highest BCUT2D eigenvalue weighted by Gasteiger charge is 2.18. The van der Waals surface area contributed by atoms with E-state index >= 15 is 0 Å². The number of carbonyl (C=O) groups is 1. The highest BCUT2D eigenvalue weighted by atomic mass is 35.5. The van der Waals surface area contributed by atoms with E-state index in [-0.39, 0.29) is 11.3 Å². The lowest BCUT2D eigenvalue weighted by Crippen LogP contribution is -2.33. The number of carbonyl (C=O) groups excluding carboxylic acids is 1. The van der Waals surface area contributed by atoms with Crippen LogP contribution in [0, 0.1) is 5.92 Å². The van der Waals surface area contributed by atoms with Crippen molar-refractivity contribution < 1.29 is 4.79 Å². The molecular weight excluding hydrogens is 266 g/mol. The van der Waals surface area contributed by atoms with Crippen LogP contribution in [-0.4, -0.2) is 17.8 Å². The number of hydrogen-bond donors (Lipinski definition) is 1. The Morgan fingerprint density at radius 1 is 1.39 bits per heavy atom. The van der Waals surface area contributed by atoms with Crippen molar-refractivity contribution in [2.75, 3.05) is 6.54 Å². The molecule has 0 bridgehead atoms. The van der Waals surface area contributed by atoms with E-state index in [4.69, 9.17) is 11.6 Å². The summed E-state index contributed by atoms with van der Waals surface area (Å²) in [4.78, 5) is 12.9. The third kappa shape index (κ3) is 3.99. The van der Waals surface area contributed by atoms with Gasteiger partial charge in [-0.15, -0.1) is 22.9 Å². The van der Waals surface area contributed by atoms with Crippen LogP contribution in [-0.2, 0) is 6.42 Å². The smallest absolute Gasteiger partial charge is 0.261 e. The zero-order chi connectivity index (χ0) is 13.5. The second-order valence-corrected chi connectivity index (χ2v) is 5.91. The van der Waals surface area contributed by atoms with Gasteiger partial charge >= 0.3 is 0 Å². The first-order chi connectivity index (χ1) is 8.63. The number of alkyl halides is 1. The van der Waals surface area contributed by atoms with Gasteiger partial charge in [-0.25, -0.2) is 0 Å². The Kier molecular flexibility index (Phi) is 6.72. The number of halogens is 1. The van der Waals surface area contributed by atoms with Crippen LogP contribution in [0.5, 0.6) is 0 Å². The van der Waals surface area contributed by atoms with E-state index in [2.05, 4.69) is 26.1 Å². The summed E-state index contributed by atoms with van der Waals surface area (Å²) < 4.78 is 0. The molecule has 1 aromatic heterocycles. The van der Waals surface area contributed by atoms with Crippen molar-refractivity contribution in [1.82, 2.24) is 5.32 Å². The van der Waals surface area contributed by atoms with Crippen LogP contribution < -0.4 is 5.32 Å². The summed E-state index contributed by atoms with van der Waals surface area (Å²) in [6.07, 6.45) is 3.00. The van der Waals surface area contributed by atoms with Crippen molar-refractivity contribution in [3.8, 4) is 0 Å². The van der Waals surface area contributed by atoms with Crippen molar-refractivity contribution in [1.29, 1.82) is 0 Å². The first-order valence-electron chi connectivity index (χ1n) is 6.62. The fraction of sp³-hybridized carbons (Fsp3) is 0.643. The molecule has 0 aliphatic rings. The molecular formula is C14H22ClNOS. The Balaban J connectivity index is 2.51. The average molecular weight is 288 g/mol. The van der Waals surface area contributed by atoms with E-state index in [0.29, 0.717) is 12.5 Å². The number of hydrogen-bond acceptors (Lipinski definition) is 2. The van der Waals surface area contributed by atoms with Crippen LogP contribution in [0.4, 0.5) is 0 Å². The molecule has 0 aromatic carbocycles. The number of nitrogens with one attached hydrogen (secondary N) is 1. The third-order valence-corrected chi connectivity index (χ3v) is 4.82. The lowest BCUT2D eigenvalue weighted by atomic mass is 9.99. The van der Waals surface area contributed by atoms with Gasteiger partial charge in [-0.2, -0.15) is 0 Å². The molecule has 0 radical (unpaired) electrons. The fourth-order valence-corrected chi connectivity index (χ4v) is 3.40. The summed E-state index contributed by atoms with van der Waals surface area (Å²) in [7, 11) is 0. The van der Waals surface area contributed by atoms with Gasteiger partial charge in [0, 0.05) is 6.54 Å². The summed E-state index contributed by atoms with van der Waals surface area (Å²) in [5.41, 5.74) is 1.12. The van der Waals surface area contributed by atoms with Crippen LogP contribution in [0.15, 0.2) is 11.4 Å².